The lowest BCUT2D eigenvalue weighted by Crippen LogP contribution is -2.49. The second-order valence-electron chi connectivity index (χ2n) is 4.62. The van der Waals surface area contributed by atoms with Crippen molar-refractivity contribution >= 4 is 23.2 Å². The molecule has 0 aromatic heterocycles. The third-order valence-corrected chi connectivity index (χ3v) is 3.29. The van der Waals surface area contributed by atoms with E-state index in [-0.39, 0.29) is 12.5 Å². The molecule has 18 heavy (non-hydrogen) atoms. The smallest absolute Gasteiger partial charge is 0.225 e. The van der Waals surface area contributed by atoms with E-state index in [4.69, 9.17) is 16.7 Å². The van der Waals surface area contributed by atoms with E-state index < -0.39 is 0 Å². The number of halogens is 1. The fraction of sp³-hybridized carbons (Fsp3) is 0.462. The molecule has 1 aromatic carbocycles. The summed E-state index contributed by atoms with van der Waals surface area (Å²) in [5, 5.41) is 12.3. The van der Waals surface area contributed by atoms with Crippen LogP contribution in [0, 0.1) is 5.92 Å². The molecule has 0 saturated carbocycles. The fourth-order valence-electron chi connectivity index (χ4n) is 2.02. The Labute approximate surface area is 112 Å². The molecule has 4 nitrogen and oxygen atoms in total. The number of aliphatic hydroxyl groups is 1. The van der Waals surface area contributed by atoms with Crippen molar-refractivity contribution in [3.63, 3.8) is 0 Å². The van der Waals surface area contributed by atoms with Gasteiger partial charge in [0.15, 0.2) is 0 Å². The lowest BCUT2D eigenvalue weighted by atomic mass is 10.0. The SMILES string of the molecule is O=C(CCN1CC(CO)C1)Nc1cccc(Cl)c1. The maximum absolute atomic E-state index is 11.7. The summed E-state index contributed by atoms with van der Waals surface area (Å²) in [5.74, 6) is 0.380. The minimum absolute atomic E-state index is 0.00952. The molecule has 1 aromatic rings. The minimum Gasteiger partial charge on any atom is -0.396 e. The number of hydrogen-bond donors (Lipinski definition) is 2. The number of nitrogens with zero attached hydrogens (tertiary/aromatic N) is 1. The Morgan fingerprint density at radius 3 is 2.94 bits per heavy atom. The van der Waals surface area contributed by atoms with Gasteiger partial charge in [-0.25, -0.2) is 0 Å². The van der Waals surface area contributed by atoms with Crippen LogP contribution in [0.4, 0.5) is 5.69 Å². The lowest BCUT2D eigenvalue weighted by molar-refractivity contribution is -0.116. The first kappa shape index (κ1) is 13.3. The summed E-state index contributed by atoms with van der Waals surface area (Å²) in [4.78, 5) is 13.9. The van der Waals surface area contributed by atoms with E-state index in [0.29, 0.717) is 17.4 Å². The van der Waals surface area contributed by atoms with Gasteiger partial charge in [0.25, 0.3) is 0 Å². The molecule has 5 heteroatoms. The average Bonchev–Trinajstić information content (AvgIpc) is 2.27. The van der Waals surface area contributed by atoms with Crippen molar-refractivity contribution in [3.05, 3.63) is 29.3 Å². The molecule has 0 aliphatic carbocycles. The Bertz CT molecular complexity index is 419. The van der Waals surface area contributed by atoms with Crippen molar-refractivity contribution < 1.29 is 9.90 Å². The zero-order valence-corrected chi connectivity index (χ0v) is 10.9. The molecule has 1 fully saturated rings. The van der Waals surface area contributed by atoms with Crippen LogP contribution >= 0.6 is 11.6 Å². The van der Waals surface area contributed by atoms with Gasteiger partial charge >= 0.3 is 0 Å². The monoisotopic (exact) mass is 268 g/mol. The maximum atomic E-state index is 11.7. The Balaban J connectivity index is 1.70. The van der Waals surface area contributed by atoms with Crippen LogP contribution in [0.2, 0.25) is 5.02 Å². The highest BCUT2D eigenvalue weighted by Crippen LogP contribution is 2.16. The van der Waals surface area contributed by atoms with Crippen molar-refractivity contribution in [2.75, 3.05) is 31.6 Å². The second-order valence-corrected chi connectivity index (χ2v) is 5.05. The molecule has 0 bridgehead atoms. The number of rotatable bonds is 5. The number of carbonyl (C=O) groups excluding carboxylic acids is 1. The third-order valence-electron chi connectivity index (χ3n) is 3.05. The third kappa shape index (κ3) is 3.70. The normalized spacial score (nSPS) is 16.3. The van der Waals surface area contributed by atoms with E-state index in [2.05, 4.69) is 10.2 Å². The van der Waals surface area contributed by atoms with E-state index in [0.717, 1.165) is 25.3 Å². The average molecular weight is 269 g/mol. The summed E-state index contributed by atoms with van der Waals surface area (Å²) in [6, 6.07) is 7.12. The summed E-state index contributed by atoms with van der Waals surface area (Å²) in [7, 11) is 0. The summed E-state index contributed by atoms with van der Waals surface area (Å²) in [5.41, 5.74) is 0.726. The molecular formula is C13H17ClN2O2. The molecule has 0 radical (unpaired) electrons. The van der Waals surface area contributed by atoms with E-state index in [1.807, 2.05) is 6.07 Å². The van der Waals surface area contributed by atoms with Crippen molar-refractivity contribution in [2.45, 2.75) is 6.42 Å². The van der Waals surface area contributed by atoms with Gasteiger partial charge in [-0.05, 0) is 18.2 Å². The highest BCUT2D eigenvalue weighted by molar-refractivity contribution is 6.30. The summed E-state index contributed by atoms with van der Waals surface area (Å²) in [6.45, 7) is 2.76. The quantitative estimate of drug-likeness (QED) is 0.853. The first-order valence-electron chi connectivity index (χ1n) is 6.06. The zero-order chi connectivity index (χ0) is 13.0. The summed E-state index contributed by atoms with van der Waals surface area (Å²) < 4.78 is 0. The number of nitrogens with one attached hydrogen (secondary N) is 1. The van der Waals surface area contributed by atoms with Gasteiger partial charge in [0, 0.05) is 49.3 Å². The lowest BCUT2D eigenvalue weighted by Gasteiger charge is -2.38. The predicted octanol–water partition coefficient (Wildman–Crippen LogP) is 1.59. The van der Waals surface area contributed by atoms with Gasteiger partial charge in [0.1, 0.15) is 0 Å². The minimum atomic E-state index is -0.00952. The van der Waals surface area contributed by atoms with Gasteiger partial charge in [-0.3, -0.25) is 4.79 Å². The van der Waals surface area contributed by atoms with Gasteiger partial charge < -0.3 is 15.3 Å². The Morgan fingerprint density at radius 1 is 1.50 bits per heavy atom. The highest BCUT2D eigenvalue weighted by Gasteiger charge is 2.25. The van der Waals surface area contributed by atoms with Crippen LogP contribution in [0.15, 0.2) is 24.3 Å². The summed E-state index contributed by atoms with van der Waals surface area (Å²) in [6.07, 6.45) is 0.463. The van der Waals surface area contributed by atoms with Crippen LogP contribution in [0.25, 0.3) is 0 Å². The number of anilines is 1. The van der Waals surface area contributed by atoms with Gasteiger partial charge in [0.05, 0.1) is 0 Å². The van der Waals surface area contributed by atoms with Crippen molar-refractivity contribution in [1.82, 2.24) is 4.90 Å². The molecule has 0 unspecified atom stereocenters. The molecule has 1 heterocycles. The predicted molar refractivity (Wildman–Crippen MR) is 71.7 cm³/mol. The highest BCUT2D eigenvalue weighted by atomic mass is 35.5. The number of hydrogen-bond acceptors (Lipinski definition) is 3. The number of likely N-dealkylation sites (tertiary alicyclic amines) is 1. The fourth-order valence-corrected chi connectivity index (χ4v) is 2.21. The number of benzene rings is 1. The Kier molecular flexibility index (Phi) is 4.58. The van der Waals surface area contributed by atoms with Crippen LogP contribution in [0.1, 0.15) is 6.42 Å². The molecule has 1 amide bonds. The molecule has 2 N–H and O–H groups in total. The number of aliphatic hydroxyl groups excluding tert-OH is 1. The van der Waals surface area contributed by atoms with Crippen LogP contribution in [0.3, 0.4) is 0 Å². The number of amides is 1. The van der Waals surface area contributed by atoms with Gasteiger partial charge in [-0.15, -0.1) is 0 Å². The van der Waals surface area contributed by atoms with Crippen LogP contribution < -0.4 is 5.32 Å². The van der Waals surface area contributed by atoms with E-state index in [1.165, 1.54) is 0 Å². The van der Waals surface area contributed by atoms with Crippen LogP contribution in [0.5, 0.6) is 0 Å². The first-order chi connectivity index (χ1) is 8.67. The van der Waals surface area contributed by atoms with Crippen LogP contribution in [-0.2, 0) is 4.79 Å². The zero-order valence-electron chi connectivity index (χ0n) is 10.1. The number of carbonyl (C=O) groups is 1. The standard InChI is InChI=1S/C13H17ClN2O2/c14-11-2-1-3-12(6-11)15-13(18)4-5-16-7-10(8-16)9-17/h1-3,6,10,17H,4-5,7-9H2,(H,15,18). The molecule has 0 spiro atoms. The molecule has 2 rings (SSSR count). The van der Waals surface area contributed by atoms with Gasteiger partial charge in [0.2, 0.25) is 5.91 Å². The van der Waals surface area contributed by atoms with Gasteiger partial charge in [-0.2, -0.15) is 0 Å². The van der Waals surface area contributed by atoms with E-state index in [1.54, 1.807) is 18.2 Å². The van der Waals surface area contributed by atoms with Gasteiger partial charge in [-0.1, -0.05) is 17.7 Å². The topological polar surface area (TPSA) is 52.6 Å². The largest absolute Gasteiger partial charge is 0.396 e. The maximum Gasteiger partial charge on any atom is 0.225 e. The molecule has 1 aliphatic rings. The molecule has 1 aliphatic heterocycles. The van der Waals surface area contributed by atoms with E-state index >= 15 is 0 Å². The van der Waals surface area contributed by atoms with Crippen molar-refractivity contribution in [2.24, 2.45) is 5.92 Å². The Hall–Kier alpha value is -1.10. The van der Waals surface area contributed by atoms with Crippen molar-refractivity contribution in [1.29, 1.82) is 0 Å². The van der Waals surface area contributed by atoms with Crippen molar-refractivity contribution in [3.8, 4) is 0 Å². The second kappa shape index (κ2) is 6.18. The Morgan fingerprint density at radius 2 is 2.28 bits per heavy atom. The first-order valence-corrected chi connectivity index (χ1v) is 6.44. The molecular weight excluding hydrogens is 252 g/mol. The summed E-state index contributed by atoms with van der Waals surface area (Å²) >= 11 is 5.84. The molecule has 0 atom stereocenters. The van der Waals surface area contributed by atoms with E-state index in [9.17, 15) is 4.79 Å². The molecule has 98 valence electrons. The molecule has 1 saturated heterocycles. The van der Waals surface area contributed by atoms with Crippen LogP contribution in [-0.4, -0.2) is 42.2 Å².